The first-order chi connectivity index (χ1) is 7.86. The summed E-state index contributed by atoms with van der Waals surface area (Å²) >= 11 is 0. The largest absolute Gasteiger partial charge is 0.388 e. The second-order valence-electron chi connectivity index (χ2n) is 4.50. The van der Waals surface area contributed by atoms with Crippen LogP contribution in [0.4, 0.5) is 5.82 Å². The van der Waals surface area contributed by atoms with Crippen molar-refractivity contribution in [2.24, 2.45) is 0 Å². The molecule has 0 aliphatic carbocycles. The van der Waals surface area contributed by atoms with Crippen molar-refractivity contribution in [3.05, 3.63) is 23.9 Å². The van der Waals surface area contributed by atoms with Crippen LogP contribution in [0.25, 0.3) is 0 Å². The van der Waals surface area contributed by atoms with Crippen LogP contribution in [-0.4, -0.2) is 34.7 Å². The summed E-state index contributed by atoms with van der Waals surface area (Å²) in [5.74, 6) is 0.269. The van der Waals surface area contributed by atoms with Gasteiger partial charge in [0.1, 0.15) is 5.82 Å². The number of pyridine rings is 1. The van der Waals surface area contributed by atoms with E-state index in [9.17, 15) is 9.90 Å². The molecule has 0 aliphatic heterocycles. The summed E-state index contributed by atoms with van der Waals surface area (Å²) < 4.78 is 0. The number of anilines is 1. The second kappa shape index (κ2) is 5.14. The number of rotatable bonds is 4. The van der Waals surface area contributed by atoms with E-state index in [1.54, 1.807) is 46.1 Å². The van der Waals surface area contributed by atoms with Crippen LogP contribution >= 0.6 is 0 Å². The lowest BCUT2D eigenvalue weighted by molar-refractivity contribution is 0.0409. The van der Waals surface area contributed by atoms with Gasteiger partial charge in [0.2, 0.25) is 0 Å². The van der Waals surface area contributed by atoms with Gasteiger partial charge in [0, 0.05) is 13.2 Å². The van der Waals surface area contributed by atoms with Crippen LogP contribution in [0.1, 0.15) is 31.1 Å². The monoisotopic (exact) mass is 237 g/mol. The number of amides is 1. The fourth-order valence-corrected chi connectivity index (χ4v) is 1.24. The molecule has 94 valence electrons. The molecule has 0 aliphatic rings. The quantitative estimate of drug-likeness (QED) is 0.730. The van der Waals surface area contributed by atoms with Gasteiger partial charge in [-0.3, -0.25) is 4.79 Å². The molecule has 5 heteroatoms. The first-order valence-electron chi connectivity index (χ1n) is 5.52. The third-order valence-corrected chi connectivity index (χ3v) is 2.70. The van der Waals surface area contributed by atoms with Crippen molar-refractivity contribution < 1.29 is 9.90 Å². The second-order valence-corrected chi connectivity index (χ2v) is 4.50. The Hall–Kier alpha value is -1.62. The molecule has 3 N–H and O–H groups in total. The van der Waals surface area contributed by atoms with Crippen molar-refractivity contribution in [2.75, 3.05) is 12.4 Å². The molecule has 0 bridgehead atoms. The average molecular weight is 237 g/mol. The first kappa shape index (κ1) is 13.4. The van der Waals surface area contributed by atoms with Crippen molar-refractivity contribution in [1.82, 2.24) is 10.3 Å². The number of aliphatic hydroxyl groups is 1. The van der Waals surface area contributed by atoms with Gasteiger partial charge in [0.25, 0.3) is 5.91 Å². The van der Waals surface area contributed by atoms with Crippen molar-refractivity contribution in [3.8, 4) is 0 Å². The van der Waals surface area contributed by atoms with Crippen LogP contribution in [0.3, 0.4) is 0 Å². The molecular weight excluding hydrogens is 218 g/mol. The van der Waals surface area contributed by atoms with Gasteiger partial charge in [-0.1, -0.05) is 0 Å². The summed E-state index contributed by atoms with van der Waals surface area (Å²) in [7, 11) is 1.71. The fourth-order valence-electron chi connectivity index (χ4n) is 1.24. The molecule has 0 spiro atoms. The first-order valence-corrected chi connectivity index (χ1v) is 5.52. The zero-order valence-electron chi connectivity index (χ0n) is 10.6. The third kappa shape index (κ3) is 3.42. The molecule has 17 heavy (non-hydrogen) atoms. The van der Waals surface area contributed by atoms with E-state index in [0.29, 0.717) is 11.4 Å². The summed E-state index contributed by atoms with van der Waals surface area (Å²) in [6.45, 7) is 5.06. The van der Waals surface area contributed by atoms with Gasteiger partial charge in [-0.15, -0.1) is 0 Å². The summed E-state index contributed by atoms with van der Waals surface area (Å²) in [6.07, 6.45) is 1.61. The molecule has 0 saturated carbocycles. The van der Waals surface area contributed by atoms with Crippen LogP contribution in [-0.2, 0) is 0 Å². The van der Waals surface area contributed by atoms with Crippen molar-refractivity contribution >= 4 is 11.7 Å². The highest BCUT2D eigenvalue weighted by Crippen LogP contribution is 2.13. The molecule has 0 unspecified atom stereocenters. The summed E-state index contributed by atoms with van der Waals surface area (Å²) in [4.78, 5) is 16.0. The normalized spacial score (nSPS) is 13.0. The summed E-state index contributed by atoms with van der Waals surface area (Å²) in [6, 6.07) is 3.04. The highest BCUT2D eigenvalue weighted by atomic mass is 16.3. The van der Waals surface area contributed by atoms with Gasteiger partial charge >= 0.3 is 0 Å². The van der Waals surface area contributed by atoms with Gasteiger partial charge in [0.15, 0.2) is 0 Å². The van der Waals surface area contributed by atoms with E-state index in [1.807, 2.05) is 0 Å². The minimum absolute atomic E-state index is 0.253. The lowest BCUT2D eigenvalue weighted by Crippen LogP contribution is -2.47. The van der Waals surface area contributed by atoms with Crippen molar-refractivity contribution in [2.45, 2.75) is 32.4 Å². The molecule has 1 heterocycles. The lowest BCUT2D eigenvalue weighted by Gasteiger charge is -2.26. The molecule has 0 saturated heterocycles. The van der Waals surface area contributed by atoms with E-state index in [1.165, 1.54) is 0 Å². The molecule has 0 radical (unpaired) electrons. The van der Waals surface area contributed by atoms with Crippen LogP contribution in [0.2, 0.25) is 0 Å². The number of hydrogen-bond acceptors (Lipinski definition) is 4. The SMILES string of the molecule is CNc1ncccc1C(=O)N[C@H](C)C(C)(C)O. The predicted molar refractivity (Wildman–Crippen MR) is 67.0 cm³/mol. The minimum atomic E-state index is -0.961. The average Bonchev–Trinajstić information content (AvgIpc) is 2.27. The number of nitrogens with zero attached hydrogens (tertiary/aromatic N) is 1. The molecule has 1 amide bonds. The van der Waals surface area contributed by atoms with Crippen LogP contribution in [0, 0.1) is 0 Å². The molecule has 0 aromatic carbocycles. The van der Waals surface area contributed by atoms with Gasteiger partial charge in [-0.05, 0) is 32.9 Å². The van der Waals surface area contributed by atoms with Gasteiger partial charge < -0.3 is 15.7 Å². The number of carbonyl (C=O) groups excluding carboxylic acids is 1. The molecule has 5 nitrogen and oxygen atoms in total. The van der Waals surface area contributed by atoms with E-state index in [4.69, 9.17) is 0 Å². The number of nitrogens with one attached hydrogen (secondary N) is 2. The van der Waals surface area contributed by atoms with Gasteiger partial charge in [-0.2, -0.15) is 0 Å². The Morgan fingerprint density at radius 2 is 2.18 bits per heavy atom. The zero-order valence-corrected chi connectivity index (χ0v) is 10.6. The van der Waals surface area contributed by atoms with Gasteiger partial charge in [-0.25, -0.2) is 4.98 Å². The maximum absolute atomic E-state index is 12.0. The standard InChI is InChI=1S/C12H19N3O2/c1-8(12(2,3)17)15-11(16)9-6-5-7-14-10(9)13-4/h5-8,17H,1-4H3,(H,13,14)(H,15,16)/t8-/m1/s1. The molecular formula is C12H19N3O2. The Kier molecular flexibility index (Phi) is 4.07. The Balaban J connectivity index is 2.84. The predicted octanol–water partition coefficient (Wildman–Crippen LogP) is 1.01. The van der Waals surface area contributed by atoms with E-state index < -0.39 is 5.60 Å². The van der Waals surface area contributed by atoms with Crippen LogP contribution in [0.5, 0.6) is 0 Å². The molecule has 1 atom stereocenters. The Labute approximate surface area is 101 Å². The molecule has 1 aromatic rings. The minimum Gasteiger partial charge on any atom is -0.388 e. The molecule has 0 fully saturated rings. The zero-order chi connectivity index (χ0) is 13.1. The number of aromatic nitrogens is 1. The molecule has 1 aromatic heterocycles. The van der Waals surface area contributed by atoms with Crippen molar-refractivity contribution in [3.63, 3.8) is 0 Å². The maximum atomic E-state index is 12.0. The molecule has 1 rings (SSSR count). The van der Waals surface area contributed by atoms with E-state index in [2.05, 4.69) is 15.6 Å². The van der Waals surface area contributed by atoms with E-state index >= 15 is 0 Å². The van der Waals surface area contributed by atoms with Crippen LogP contribution in [0.15, 0.2) is 18.3 Å². The third-order valence-electron chi connectivity index (χ3n) is 2.70. The van der Waals surface area contributed by atoms with Crippen molar-refractivity contribution in [1.29, 1.82) is 0 Å². The topological polar surface area (TPSA) is 74.2 Å². The lowest BCUT2D eigenvalue weighted by atomic mass is 10.0. The highest BCUT2D eigenvalue weighted by molar-refractivity contribution is 5.98. The van der Waals surface area contributed by atoms with E-state index in [0.717, 1.165) is 0 Å². The maximum Gasteiger partial charge on any atom is 0.255 e. The Morgan fingerprint density at radius 3 is 2.71 bits per heavy atom. The highest BCUT2D eigenvalue weighted by Gasteiger charge is 2.25. The Morgan fingerprint density at radius 1 is 1.53 bits per heavy atom. The Bertz CT molecular complexity index is 399. The van der Waals surface area contributed by atoms with Crippen LogP contribution < -0.4 is 10.6 Å². The van der Waals surface area contributed by atoms with E-state index in [-0.39, 0.29) is 11.9 Å². The number of carbonyl (C=O) groups is 1. The summed E-state index contributed by atoms with van der Waals surface area (Å²) in [5.41, 5.74) is -0.497. The van der Waals surface area contributed by atoms with Gasteiger partial charge in [0.05, 0.1) is 17.2 Å². The smallest absolute Gasteiger partial charge is 0.255 e. The number of hydrogen-bond donors (Lipinski definition) is 3. The fraction of sp³-hybridized carbons (Fsp3) is 0.500. The summed E-state index contributed by atoms with van der Waals surface area (Å²) in [5, 5.41) is 15.4.